The smallest absolute Gasteiger partial charge is 0.260 e. The number of rotatable bonds is 8. The summed E-state index contributed by atoms with van der Waals surface area (Å²) < 4.78 is 26.8. The zero-order chi connectivity index (χ0) is 22.8. The van der Waals surface area contributed by atoms with Crippen LogP contribution in [-0.4, -0.2) is 69.8 Å². The molecule has 7 nitrogen and oxygen atoms in total. The van der Waals surface area contributed by atoms with E-state index in [9.17, 15) is 13.2 Å². The number of aryl methyl sites for hydroxylation is 1. The minimum absolute atomic E-state index is 0.156. The van der Waals surface area contributed by atoms with Gasteiger partial charge in [0.25, 0.3) is 5.91 Å². The van der Waals surface area contributed by atoms with Crippen molar-refractivity contribution in [2.45, 2.75) is 18.2 Å². The Bertz CT molecular complexity index is 1170. The normalized spacial score (nSPS) is 12.1. The molecule has 0 radical (unpaired) electrons. The van der Waals surface area contributed by atoms with Gasteiger partial charge in [0, 0.05) is 26.2 Å². The van der Waals surface area contributed by atoms with E-state index in [1.54, 1.807) is 17.0 Å². The van der Waals surface area contributed by atoms with Crippen molar-refractivity contribution in [1.29, 1.82) is 0 Å². The number of thiazole rings is 1. The predicted molar refractivity (Wildman–Crippen MR) is 127 cm³/mol. The van der Waals surface area contributed by atoms with E-state index in [0.29, 0.717) is 17.2 Å². The second-order valence-corrected chi connectivity index (χ2v) is 11.0. The van der Waals surface area contributed by atoms with Crippen LogP contribution in [0.4, 0.5) is 5.13 Å². The number of sulfonamides is 1. The summed E-state index contributed by atoms with van der Waals surface area (Å²) in [5.41, 5.74) is 2.40. The van der Waals surface area contributed by atoms with Crippen molar-refractivity contribution in [3.63, 3.8) is 0 Å². The zero-order valence-corrected chi connectivity index (χ0v) is 20.1. The minimum atomic E-state index is -3.54. The molecule has 0 N–H and O–H groups in total. The number of benzene rings is 2. The van der Waals surface area contributed by atoms with Gasteiger partial charge in [-0.05, 0) is 69.9 Å². The molecule has 9 heteroatoms. The molecule has 166 valence electrons. The molecule has 0 spiro atoms. The molecule has 0 aliphatic carbocycles. The van der Waals surface area contributed by atoms with Crippen molar-refractivity contribution >= 4 is 42.6 Å². The van der Waals surface area contributed by atoms with Crippen LogP contribution in [0, 0.1) is 6.92 Å². The molecule has 1 aromatic heterocycles. The molecule has 2 aromatic carbocycles. The summed E-state index contributed by atoms with van der Waals surface area (Å²) in [4.78, 5) is 22.1. The minimum Gasteiger partial charge on any atom is -0.309 e. The van der Waals surface area contributed by atoms with E-state index in [0.717, 1.165) is 33.1 Å². The van der Waals surface area contributed by atoms with Crippen LogP contribution in [0.5, 0.6) is 0 Å². The highest BCUT2D eigenvalue weighted by Crippen LogP contribution is 2.31. The molecular weight excluding hydrogens is 432 g/mol. The maximum absolute atomic E-state index is 13.4. The van der Waals surface area contributed by atoms with Gasteiger partial charge in [-0.15, -0.1) is 0 Å². The highest BCUT2D eigenvalue weighted by Gasteiger charge is 2.23. The molecule has 0 bridgehead atoms. The Hall–Kier alpha value is -2.33. The molecular formula is C22H28N4O3S2. The summed E-state index contributed by atoms with van der Waals surface area (Å²) in [7, 11) is 3.41. The molecule has 0 aliphatic heterocycles. The van der Waals surface area contributed by atoms with Gasteiger partial charge in [0.05, 0.1) is 15.1 Å². The van der Waals surface area contributed by atoms with Gasteiger partial charge >= 0.3 is 0 Å². The molecule has 0 unspecified atom stereocenters. The first-order valence-corrected chi connectivity index (χ1v) is 12.2. The first-order chi connectivity index (χ1) is 14.6. The number of hydrogen-bond donors (Lipinski definition) is 0. The summed E-state index contributed by atoms with van der Waals surface area (Å²) in [6.45, 7) is 3.37. The topological polar surface area (TPSA) is 73.8 Å². The molecule has 1 heterocycles. The molecule has 0 atom stereocenters. The fraction of sp³-hybridized carbons (Fsp3) is 0.364. The first kappa shape index (κ1) is 23.3. The van der Waals surface area contributed by atoms with E-state index in [-0.39, 0.29) is 10.8 Å². The van der Waals surface area contributed by atoms with Crippen molar-refractivity contribution in [3.05, 3.63) is 53.6 Å². The number of carbonyl (C=O) groups is 1. The molecule has 0 aliphatic rings. The van der Waals surface area contributed by atoms with Crippen LogP contribution in [0.25, 0.3) is 10.2 Å². The Kier molecular flexibility index (Phi) is 7.10. The third kappa shape index (κ3) is 5.12. The largest absolute Gasteiger partial charge is 0.309 e. The fourth-order valence-corrected chi connectivity index (χ4v) is 5.12. The second-order valence-electron chi connectivity index (χ2n) is 7.84. The van der Waals surface area contributed by atoms with Gasteiger partial charge in [0.1, 0.15) is 0 Å². The van der Waals surface area contributed by atoms with Crippen LogP contribution in [0.15, 0.2) is 47.4 Å². The Labute approximate surface area is 188 Å². The molecule has 3 aromatic rings. The van der Waals surface area contributed by atoms with Gasteiger partial charge in [0.15, 0.2) is 5.13 Å². The third-order valence-electron chi connectivity index (χ3n) is 4.95. The van der Waals surface area contributed by atoms with Gasteiger partial charge in [0.2, 0.25) is 10.0 Å². The van der Waals surface area contributed by atoms with Gasteiger partial charge in [-0.2, -0.15) is 0 Å². The van der Waals surface area contributed by atoms with E-state index in [4.69, 9.17) is 4.98 Å². The lowest BCUT2D eigenvalue weighted by Crippen LogP contribution is -2.33. The van der Waals surface area contributed by atoms with E-state index >= 15 is 0 Å². The lowest BCUT2D eigenvalue weighted by Gasteiger charge is -2.21. The standard InChI is InChI=1S/C22H28N4O3S2/c1-16-8-6-9-19-20(16)23-22(30-19)26(15-7-14-24(2)3)21(27)17-10-12-18(13-11-17)31(28,29)25(4)5/h6,8-13H,7,14-15H2,1-5H3. The molecule has 3 rings (SSSR count). The highest BCUT2D eigenvalue weighted by molar-refractivity contribution is 7.89. The van der Waals surface area contributed by atoms with Crippen LogP contribution >= 0.6 is 11.3 Å². The fourth-order valence-electron chi connectivity index (χ4n) is 3.16. The third-order valence-corrected chi connectivity index (χ3v) is 7.83. The van der Waals surface area contributed by atoms with Crippen LogP contribution < -0.4 is 4.90 Å². The summed E-state index contributed by atoms with van der Waals surface area (Å²) in [5, 5.41) is 0.651. The van der Waals surface area contributed by atoms with E-state index in [1.807, 2.05) is 39.2 Å². The summed E-state index contributed by atoms with van der Waals surface area (Å²) in [5.74, 6) is -0.190. The predicted octanol–water partition coefficient (Wildman–Crippen LogP) is 3.45. The van der Waals surface area contributed by atoms with E-state index in [2.05, 4.69) is 4.90 Å². The SMILES string of the molecule is Cc1cccc2sc(N(CCCN(C)C)C(=O)c3ccc(S(=O)(=O)N(C)C)cc3)nc12. The van der Waals surface area contributed by atoms with Crippen molar-refractivity contribution in [2.75, 3.05) is 46.2 Å². The van der Waals surface area contributed by atoms with Crippen molar-refractivity contribution in [3.8, 4) is 0 Å². The first-order valence-electron chi connectivity index (χ1n) is 9.96. The number of aromatic nitrogens is 1. The molecule has 0 saturated carbocycles. The van der Waals surface area contributed by atoms with Crippen LogP contribution in [0.1, 0.15) is 22.3 Å². The van der Waals surface area contributed by atoms with Gasteiger partial charge < -0.3 is 4.90 Å². The average Bonchev–Trinajstić information content (AvgIpc) is 3.16. The highest BCUT2D eigenvalue weighted by atomic mass is 32.2. The van der Waals surface area contributed by atoms with Gasteiger partial charge in [-0.3, -0.25) is 9.69 Å². The molecule has 0 fully saturated rings. The zero-order valence-electron chi connectivity index (χ0n) is 18.5. The Morgan fingerprint density at radius 1 is 1.00 bits per heavy atom. The van der Waals surface area contributed by atoms with Crippen LogP contribution in [0.3, 0.4) is 0 Å². The Morgan fingerprint density at radius 3 is 2.26 bits per heavy atom. The molecule has 31 heavy (non-hydrogen) atoms. The average molecular weight is 461 g/mol. The molecule has 0 saturated heterocycles. The summed E-state index contributed by atoms with van der Waals surface area (Å²) in [6.07, 6.45) is 0.792. The number of hydrogen-bond acceptors (Lipinski definition) is 6. The summed E-state index contributed by atoms with van der Waals surface area (Å²) in [6, 6.07) is 12.1. The van der Waals surface area contributed by atoms with Crippen molar-refractivity contribution < 1.29 is 13.2 Å². The van der Waals surface area contributed by atoms with Crippen molar-refractivity contribution in [2.24, 2.45) is 0 Å². The maximum Gasteiger partial charge on any atom is 0.260 e. The number of nitrogens with zero attached hydrogens (tertiary/aromatic N) is 4. The quantitative estimate of drug-likeness (QED) is 0.515. The molecule has 1 amide bonds. The van der Waals surface area contributed by atoms with E-state index in [1.165, 1.54) is 37.6 Å². The van der Waals surface area contributed by atoms with Crippen LogP contribution in [0.2, 0.25) is 0 Å². The lowest BCUT2D eigenvalue weighted by molar-refractivity contribution is 0.0986. The number of amides is 1. The van der Waals surface area contributed by atoms with Gasteiger partial charge in [-0.25, -0.2) is 17.7 Å². The van der Waals surface area contributed by atoms with Crippen LogP contribution in [-0.2, 0) is 10.0 Å². The number of carbonyl (C=O) groups excluding carboxylic acids is 1. The number of fused-ring (bicyclic) bond motifs is 1. The lowest BCUT2D eigenvalue weighted by atomic mass is 10.2. The van der Waals surface area contributed by atoms with Gasteiger partial charge in [-0.1, -0.05) is 23.5 Å². The van der Waals surface area contributed by atoms with Crippen molar-refractivity contribution in [1.82, 2.24) is 14.2 Å². The monoisotopic (exact) mass is 460 g/mol. The maximum atomic E-state index is 13.4. The summed E-state index contributed by atoms with van der Waals surface area (Å²) >= 11 is 1.49. The second kappa shape index (κ2) is 9.44. The Morgan fingerprint density at radius 2 is 1.68 bits per heavy atom. The Balaban J connectivity index is 1.94. The number of anilines is 1. The van der Waals surface area contributed by atoms with E-state index < -0.39 is 10.0 Å². The number of para-hydroxylation sites is 1.